The van der Waals surface area contributed by atoms with Crippen LogP contribution in [0.2, 0.25) is 0 Å². The van der Waals surface area contributed by atoms with Crippen LogP contribution in [-0.4, -0.2) is 23.8 Å². The Bertz CT molecular complexity index is 723. The number of carbonyl (C=O) groups is 1. The molecule has 1 aliphatic heterocycles. The molecule has 128 valence electrons. The van der Waals surface area contributed by atoms with E-state index in [9.17, 15) is 4.79 Å². The van der Waals surface area contributed by atoms with Crippen LogP contribution in [0.4, 0.5) is 0 Å². The molecule has 3 nitrogen and oxygen atoms in total. The normalized spacial score (nSPS) is 15.6. The number of ketones is 1. The van der Waals surface area contributed by atoms with E-state index in [0.29, 0.717) is 17.8 Å². The van der Waals surface area contributed by atoms with Crippen molar-refractivity contribution in [2.45, 2.75) is 32.2 Å². The Labute approximate surface area is 149 Å². The van der Waals surface area contributed by atoms with Gasteiger partial charge in [-0.15, -0.1) is 0 Å². The SMILES string of the molecule is N#Cc1ccc(CCC(=O)C2CCN(Cc3ccccc3)CC2)cc1. The number of likely N-dealkylation sites (tertiary alicyclic amines) is 1. The van der Waals surface area contributed by atoms with Crippen molar-refractivity contribution in [1.29, 1.82) is 5.26 Å². The summed E-state index contributed by atoms with van der Waals surface area (Å²) in [6.45, 7) is 2.98. The van der Waals surface area contributed by atoms with Crippen LogP contribution in [0, 0.1) is 17.2 Å². The Hall–Kier alpha value is -2.44. The number of Topliss-reactive ketones (excluding diaryl/α,β-unsaturated/α-hetero) is 1. The molecule has 2 aromatic rings. The minimum Gasteiger partial charge on any atom is -0.299 e. The minimum absolute atomic E-state index is 0.213. The van der Waals surface area contributed by atoms with Gasteiger partial charge in [-0.25, -0.2) is 0 Å². The van der Waals surface area contributed by atoms with E-state index in [1.807, 2.05) is 30.3 Å². The molecular weight excluding hydrogens is 308 g/mol. The Kier molecular flexibility index (Phi) is 5.98. The third kappa shape index (κ3) is 5.01. The second-order valence-corrected chi connectivity index (χ2v) is 6.81. The van der Waals surface area contributed by atoms with Gasteiger partial charge in [0, 0.05) is 18.9 Å². The van der Waals surface area contributed by atoms with E-state index >= 15 is 0 Å². The van der Waals surface area contributed by atoms with Crippen molar-refractivity contribution in [3.05, 3.63) is 71.3 Å². The van der Waals surface area contributed by atoms with Crippen LogP contribution in [0.25, 0.3) is 0 Å². The van der Waals surface area contributed by atoms with Crippen molar-refractivity contribution in [1.82, 2.24) is 4.90 Å². The number of nitrogens with zero attached hydrogens (tertiary/aromatic N) is 2. The standard InChI is InChI=1S/C22H24N2O/c23-16-19-8-6-18(7-9-19)10-11-22(25)21-12-14-24(15-13-21)17-20-4-2-1-3-5-20/h1-9,21H,10-15,17H2. The molecule has 0 unspecified atom stereocenters. The van der Waals surface area contributed by atoms with Crippen molar-refractivity contribution < 1.29 is 4.79 Å². The first-order chi connectivity index (χ1) is 12.2. The van der Waals surface area contributed by atoms with Crippen LogP contribution in [0.15, 0.2) is 54.6 Å². The van der Waals surface area contributed by atoms with Crippen LogP contribution >= 0.6 is 0 Å². The van der Waals surface area contributed by atoms with Crippen molar-refractivity contribution in [3.63, 3.8) is 0 Å². The molecule has 0 amide bonds. The molecule has 0 radical (unpaired) electrons. The number of piperidine rings is 1. The zero-order chi connectivity index (χ0) is 17.5. The van der Waals surface area contributed by atoms with Crippen LogP contribution in [0.5, 0.6) is 0 Å². The average Bonchev–Trinajstić information content (AvgIpc) is 2.68. The molecule has 1 heterocycles. The van der Waals surface area contributed by atoms with Crippen LogP contribution in [0.1, 0.15) is 36.0 Å². The number of nitriles is 1. The van der Waals surface area contributed by atoms with Gasteiger partial charge in [0.1, 0.15) is 5.78 Å². The van der Waals surface area contributed by atoms with Gasteiger partial charge in [0.15, 0.2) is 0 Å². The van der Waals surface area contributed by atoms with Crippen molar-refractivity contribution in [2.24, 2.45) is 5.92 Å². The maximum absolute atomic E-state index is 12.5. The highest BCUT2D eigenvalue weighted by Gasteiger charge is 2.24. The summed E-state index contributed by atoms with van der Waals surface area (Å²) in [5.74, 6) is 0.606. The van der Waals surface area contributed by atoms with Crippen LogP contribution in [-0.2, 0) is 17.8 Å². The lowest BCUT2D eigenvalue weighted by Crippen LogP contribution is -2.36. The topological polar surface area (TPSA) is 44.1 Å². The number of hydrogen-bond acceptors (Lipinski definition) is 3. The fourth-order valence-corrected chi connectivity index (χ4v) is 3.47. The van der Waals surface area contributed by atoms with E-state index in [4.69, 9.17) is 5.26 Å². The van der Waals surface area contributed by atoms with Gasteiger partial charge in [0.25, 0.3) is 0 Å². The predicted octanol–water partition coefficient (Wildman–Crippen LogP) is 3.97. The summed E-state index contributed by atoms with van der Waals surface area (Å²) in [7, 11) is 0. The van der Waals surface area contributed by atoms with Gasteiger partial charge in [-0.1, -0.05) is 42.5 Å². The molecule has 3 heteroatoms. The average molecular weight is 332 g/mol. The van der Waals surface area contributed by atoms with Gasteiger partial charge < -0.3 is 0 Å². The van der Waals surface area contributed by atoms with Gasteiger partial charge in [-0.3, -0.25) is 9.69 Å². The molecule has 3 rings (SSSR count). The van der Waals surface area contributed by atoms with Crippen LogP contribution < -0.4 is 0 Å². The Morgan fingerprint density at radius 1 is 1.00 bits per heavy atom. The second-order valence-electron chi connectivity index (χ2n) is 6.81. The molecule has 1 aliphatic rings. The molecule has 0 atom stereocenters. The van der Waals surface area contributed by atoms with E-state index in [2.05, 4.69) is 35.2 Å². The van der Waals surface area contributed by atoms with E-state index < -0.39 is 0 Å². The summed E-state index contributed by atoms with van der Waals surface area (Å²) in [6.07, 6.45) is 3.32. The minimum atomic E-state index is 0.213. The molecule has 0 spiro atoms. The number of hydrogen-bond donors (Lipinski definition) is 0. The predicted molar refractivity (Wildman–Crippen MR) is 98.9 cm³/mol. The smallest absolute Gasteiger partial charge is 0.136 e. The quantitative estimate of drug-likeness (QED) is 0.804. The van der Waals surface area contributed by atoms with Crippen LogP contribution in [0.3, 0.4) is 0 Å². The maximum Gasteiger partial charge on any atom is 0.136 e. The molecule has 0 N–H and O–H groups in total. The summed E-state index contributed by atoms with van der Waals surface area (Å²) in [4.78, 5) is 14.9. The van der Waals surface area contributed by atoms with E-state index in [0.717, 1.165) is 44.5 Å². The summed E-state index contributed by atoms with van der Waals surface area (Å²) in [6, 6.07) is 20.2. The lowest BCUT2D eigenvalue weighted by Gasteiger charge is -2.31. The van der Waals surface area contributed by atoms with E-state index in [-0.39, 0.29) is 5.92 Å². The zero-order valence-corrected chi connectivity index (χ0v) is 14.5. The van der Waals surface area contributed by atoms with Crippen molar-refractivity contribution in [3.8, 4) is 6.07 Å². The number of benzene rings is 2. The molecule has 0 saturated carbocycles. The second kappa shape index (κ2) is 8.60. The fourth-order valence-electron chi connectivity index (χ4n) is 3.47. The third-order valence-electron chi connectivity index (χ3n) is 5.04. The summed E-state index contributed by atoms with van der Waals surface area (Å²) in [5.41, 5.74) is 3.14. The highest BCUT2D eigenvalue weighted by atomic mass is 16.1. The van der Waals surface area contributed by atoms with Gasteiger partial charge in [0.05, 0.1) is 11.6 Å². The number of carbonyl (C=O) groups excluding carboxylic acids is 1. The molecular formula is C22H24N2O. The molecule has 0 bridgehead atoms. The first-order valence-electron chi connectivity index (χ1n) is 9.02. The van der Waals surface area contributed by atoms with Crippen molar-refractivity contribution in [2.75, 3.05) is 13.1 Å². The molecule has 0 aliphatic carbocycles. The summed E-state index contributed by atoms with van der Waals surface area (Å²) >= 11 is 0. The third-order valence-corrected chi connectivity index (χ3v) is 5.04. The highest BCUT2D eigenvalue weighted by molar-refractivity contribution is 5.81. The molecule has 2 aromatic carbocycles. The molecule has 1 fully saturated rings. The zero-order valence-electron chi connectivity index (χ0n) is 14.5. The first-order valence-corrected chi connectivity index (χ1v) is 9.02. The van der Waals surface area contributed by atoms with Gasteiger partial charge in [0.2, 0.25) is 0 Å². The highest BCUT2D eigenvalue weighted by Crippen LogP contribution is 2.22. The molecule has 1 saturated heterocycles. The summed E-state index contributed by atoms with van der Waals surface area (Å²) < 4.78 is 0. The van der Waals surface area contributed by atoms with Gasteiger partial charge in [-0.05, 0) is 55.6 Å². The van der Waals surface area contributed by atoms with Gasteiger partial charge in [-0.2, -0.15) is 5.26 Å². The summed E-state index contributed by atoms with van der Waals surface area (Å²) in [5, 5.41) is 8.82. The van der Waals surface area contributed by atoms with E-state index in [1.165, 1.54) is 5.56 Å². The molecule has 0 aromatic heterocycles. The number of rotatable bonds is 6. The lowest BCUT2D eigenvalue weighted by atomic mass is 9.89. The lowest BCUT2D eigenvalue weighted by molar-refractivity contribution is -0.124. The molecule has 25 heavy (non-hydrogen) atoms. The number of aryl methyl sites for hydroxylation is 1. The van der Waals surface area contributed by atoms with Crippen molar-refractivity contribution >= 4 is 5.78 Å². The first kappa shape index (κ1) is 17.4. The van der Waals surface area contributed by atoms with Gasteiger partial charge >= 0.3 is 0 Å². The van der Waals surface area contributed by atoms with E-state index in [1.54, 1.807) is 0 Å². The Balaban J connectivity index is 1.42. The largest absolute Gasteiger partial charge is 0.299 e. The maximum atomic E-state index is 12.5. The fraction of sp³-hybridized carbons (Fsp3) is 0.364. The Morgan fingerprint density at radius 2 is 1.68 bits per heavy atom. The Morgan fingerprint density at radius 3 is 2.32 bits per heavy atom. The monoisotopic (exact) mass is 332 g/mol.